The molecule has 1 fully saturated rings. The lowest BCUT2D eigenvalue weighted by Gasteiger charge is -2.35. The fourth-order valence-corrected chi connectivity index (χ4v) is 4.19. The molecule has 2 aromatic rings. The van der Waals surface area contributed by atoms with Gasteiger partial charge in [-0.3, -0.25) is 4.79 Å². The molecule has 122 valence electrons. The van der Waals surface area contributed by atoms with Crippen LogP contribution in [0.5, 0.6) is 5.75 Å². The number of nitrogens with zero attached hydrogens (tertiary/aromatic N) is 1. The number of carbonyl (C=O) groups is 1. The minimum Gasteiger partial charge on any atom is -0.495 e. The van der Waals surface area contributed by atoms with Crippen molar-refractivity contribution in [1.29, 1.82) is 0 Å². The normalized spacial score (nSPS) is 17.8. The first-order chi connectivity index (χ1) is 11.2. The predicted octanol–water partition coefficient (Wildman–Crippen LogP) is 3.92. The van der Waals surface area contributed by atoms with E-state index >= 15 is 0 Å². The van der Waals surface area contributed by atoms with Crippen molar-refractivity contribution in [2.45, 2.75) is 18.9 Å². The first kappa shape index (κ1) is 16.3. The van der Waals surface area contributed by atoms with Crippen LogP contribution in [0.4, 0.5) is 5.69 Å². The van der Waals surface area contributed by atoms with E-state index in [1.165, 1.54) is 11.3 Å². The van der Waals surface area contributed by atoms with Gasteiger partial charge in [-0.25, -0.2) is 0 Å². The van der Waals surface area contributed by atoms with Crippen molar-refractivity contribution in [3.8, 4) is 5.75 Å². The van der Waals surface area contributed by atoms with E-state index in [1.54, 1.807) is 7.11 Å². The number of amides is 1. The Labute approximate surface area is 148 Å². The van der Waals surface area contributed by atoms with Crippen LogP contribution in [0.15, 0.2) is 40.2 Å². The first-order valence-corrected chi connectivity index (χ1v) is 9.22. The standard InChI is InChI=1S/C17H19BrN2O2S/c1-22-14-7-3-2-6-13(14)20-10-4-5-12(11-20)19-17(21)15-8-9-16(18)23-15/h2-3,6-9,12H,4-5,10-11H2,1H3,(H,19,21). The van der Waals surface area contributed by atoms with Crippen LogP contribution in [-0.2, 0) is 0 Å². The number of anilines is 1. The number of thiophene rings is 1. The van der Waals surface area contributed by atoms with Gasteiger partial charge in [0.05, 0.1) is 21.5 Å². The highest BCUT2D eigenvalue weighted by Gasteiger charge is 2.24. The molecule has 1 amide bonds. The fraction of sp³-hybridized carbons (Fsp3) is 0.353. The summed E-state index contributed by atoms with van der Waals surface area (Å²) >= 11 is 4.86. The summed E-state index contributed by atoms with van der Waals surface area (Å²) < 4.78 is 6.43. The molecule has 4 nitrogen and oxygen atoms in total. The zero-order chi connectivity index (χ0) is 16.2. The third-order valence-corrected chi connectivity index (χ3v) is 5.60. The Morgan fingerprint density at radius 3 is 2.91 bits per heavy atom. The molecule has 1 unspecified atom stereocenters. The molecular formula is C17H19BrN2O2S. The third-order valence-electron chi connectivity index (χ3n) is 3.98. The van der Waals surface area contributed by atoms with Crippen LogP contribution in [-0.4, -0.2) is 32.1 Å². The number of rotatable bonds is 4. The second-order valence-corrected chi connectivity index (χ2v) is 8.00. The molecule has 0 aliphatic carbocycles. The maximum atomic E-state index is 12.3. The van der Waals surface area contributed by atoms with Gasteiger partial charge in [0, 0.05) is 19.1 Å². The van der Waals surface area contributed by atoms with Gasteiger partial charge in [0.2, 0.25) is 0 Å². The van der Waals surface area contributed by atoms with Crippen LogP contribution in [0.2, 0.25) is 0 Å². The van der Waals surface area contributed by atoms with Crippen LogP contribution in [0.3, 0.4) is 0 Å². The third kappa shape index (κ3) is 3.87. The van der Waals surface area contributed by atoms with Crippen molar-refractivity contribution in [2.75, 3.05) is 25.1 Å². The molecule has 0 bridgehead atoms. The molecule has 1 aromatic carbocycles. The van der Waals surface area contributed by atoms with Crippen molar-refractivity contribution in [3.05, 3.63) is 45.1 Å². The van der Waals surface area contributed by atoms with Gasteiger partial charge >= 0.3 is 0 Å². The molecule has 0 spiro atoms. The van der Waals surface area contributed by atoms with Crippen LogP contribution in [0.25, 0.3) is 0 Å². The number of methoxy groups -OCH3 is 1. The number of benzene rings is 1. The van der Waals surface area contributed by atoms with Gasteiger partial charge in [-0.1, -0.05) is 12.1 Å². The Hall–Kier alpha value is -1.53. The summed E-state index contributed by atoms with van der Waals surface area (Å²) in [5.74, 6) is 0.884. The zero-order valence-electron chi connectivity index (χ0n) is 12.9. The summed E-state index contributed by atoms with van der Waals surface area (Å²) in [5, 5.41) is 3.15. The van der Waals surface area contributed by atoms with E-state index in [2.05, 4.69) is 32.2 Å². The van der Waals surface area contributed by atoms with Crippen molar-refractivity contribution < 1.29 is 9.53 Å². The molecule has 1 saturated heterocycles. The number of ether oxygens (including phenoxy) is 1. The number of hydrogen-bond acceptors (Lipinski definition) is 4. The number of piperidine rings is 1. The molecule has 1 atom stereocenters. The lowest BCUT2D eigenvalue weighted by Crippen LogP contribution is -2.47. The lowest BCUT2D eigenvalue weighted by atomic mass is 10.0. The van der Waals surface area contributed by atoms with Crippen molar-refractivity contribution in [1.82, 2.24) is 5.32 Å². The Morgan fingerprint density at radius 1 is 1.35 bits per heavy atom. The van der Waals surface area contributed by atoms with E-state index in [1.807, 2.05) is 30.3 Å². The summed E-state index contributed by atoms with van der Waals surface area (Å²) in [6, 6.07) is 11.9. The molecule has 23 heavy (non-hydrogen) atoms. The molecule has 3 rings (SSSR count). The second-order valence-electron chi connectivity index (χ2n) is 5.53. The van der Waals surface area contributed by atoms with Gasteiger partial charge < -0.3 is 15.0 Å². The Bertz CT molecular complexity index is 689. The number of hydrogen-bond donors (Lipinski definition) is 1. The maximum absolute atomic E-state index is 12.3. The van der Waals surface area contributed by atoms with E-state index in [-0.39, 0.29) is 11.9 Å². The fourth-order valence-electron chi connectivity index (χ4n) is 2.90. The number of carbonyl (C=O) groups excluding carboxylic acids is 1. The average Bonchev–Trinajstić information content (AvgIpc) is 3.02. The molecule has 6 heteroatoms. The van der Waals surface area contributed by atoms with E-state index in [9.17, 15) is 4.79 Å². The smallest absolute Gasteiger partial charge is 0.261 e. The van der Waals surface area contributed by atoms with E-state index in [0.29, 0.717) is 0 Å². The quantitative estimate of drug-likeness (QED) is 0.854. The van der Waals surface area contributed by atoms with Crippen molar-refractivity contribution in [2.24, 2.45) is 0 Å². The monoisotopic (exact) mass is 394 g/mol. The Kier molecular flexibility index (Phi) is 5.23. The maximum Gasteiger partial charge on any atom is 0.261 e. The van der Waals surface area contributed by atoms with Crippen molar-refractivity contribution in [3.63, 3.8) is 0 Å². The minimum atomic E-state index is 0.00702. The molecule has 1 aliphatic rings. The number of nitrogens with one attached hydrogen (secondary N) is 1. The SMILES string of the molecule is COc1ccccc1N1CCCC(NC(=O)c2ccc(Br)s2)C1. The predicted molar refractivity (Wildman–Crippen MR) is 97.7 cm³/mol. The van der Waals surface area contributed by atoms with E-state index in [0.717, 1.165) is 46.0 Å². The highest BCUT2D eigenvalue weighted by atomic mass is 79.9. The summed E-state index contributed by atoms with van der Waals surface area (Å²) in [6.45, 7) is 1.79. The summed E-state index contributed by atoms with van der Waals surface area (Å²) in [6.07, 6.45) is 2.06. The lowest BCUT2D eigenvalue weighted by molar-refractivity contribution is 0.0937. The largest absolute Gasteiger partial charge is 0.495 e. The number of para-hydroxylation sites is 2. The molecule has 1 aromatic heterocycles. The van der Waals surface area contributed by atoms with Crippen LogP contribution >= 0.6 is 27.3 Å². The Morgan fingerprint density at radius 2 is 2.17 bits per heavy atom. The second kappa shape index (κ2) is 7.36. The van der Waals surface area contributed by atoms with Gasteiger partial charge in [-0.15, -0.1) is 11.3 Å². The first-order valence-electron chi connectivity index (χ1n) is 7.61. The van der Waals surface area contributed by atoms with Gasteiger partial charge in [0.1, 0.15) is 5.75 Å². The molecule has 0 radical (unpaired) electrons. The van der Waals surface area contributed by atoms with Crippen molar-refractivity contribution >= 4 is 38.9 Å². The van der Waals surface area contributed by atoms with Crippen LogP contribution in [0.1, 0.15) is 22.5 Å². The van der Waals surface area contributed by atoms with Gasteiger partial charge in [0.25, 0.3) is 5.91 Å². The minimum absolute atomic E-state index is 0.00702. The van der Waals surface area contributed by atoms with Gasteiger partial charge in [-0.05, 0) is 53.0 Å². The highest BCUT2D eigenvalue weighted by molar-refractivity contribution is 9.11. The van der Waals surface area contributed by atoms with E-state index < -0.39 is 0 Å². The van der Waals surface area contributed by atoms with Crippen LogP contribution < -0.4 is 15.0 Å². The molecule has 0 saturated carbocycles. The zero-order valence-corrected chi connectivity index (χ0v) is 15.3. The van der Waals surface area contributed by atoms with Crippen LogP contribution in [0, 0.1) is 0 Å². The summed E-state index contributed by atoms with van der Waals surface area (Å²) in [5.41, 5.74) is 1.09. The molecule has 2 heterocycles. The highest BCUT2D eigenvalue weighted by Crippen LogP contribution is 2.30. The molecule has 1 aliphatic heterocycles. The average molecular weight is 395 g/mol. The number of halogens is 1. The van der Waals surface area contributed by atoms with Gasteiger partial charge in [0.15, 0.2) is 0 Å². The van der Waals surface area contributed by atoms with Gasteiger partial charge in [-0.2, -0.15) is 0 Å². The molecule has 1 N–H and O–H groups in total. The molecular weight excluding hydrogens is 376 g/mol. The van der Waals surface area contributed by atoms with E-state index in [4.69, 9.17) is 4.74 Å². The summed E-state index contributed by atoms with van der Waals surface area (Å²) in [7, 11) is 1.69. The summed E-state index contributed by atoms with van der Waals surface area (Å²) in [4.78, 5) is 15.4. The Balaban J connectivity index is 1.67. The topological polar surface area (TPSA) is 41.6 Å².